The summed E-state index contributed by atoms with van der Waals surface area (Å²) in [6.07, 6.45) is 5.01. The van der Waals surface area contributed by atoms with Crippen molar-refractivity contribution in [2.45, 2.75) is 38.7 Å². The van der Waals surface area contributed by atoms with E-state index in [1.165, 1.54) is 19.3 Å². The molecule has 0 aromatic heterocycles. The van der Waals surface area contributed by atoms with Crippen molar-refractivity contribution >= 4 is 17.4 Å². The second-order valence-electron chi connectivity index (χ2n) is 5.04. The van der Waals surface area contributed by atoms with Crippen LogP contribution in [0.15, 0.2) is 24.3 Å². The summed E-state index contributed by atoms with van der Waals surface area (Å²) in [7, 11) is 0. The summed E-state index contributed by atoms with van der Waals surface area (Å²) < 4.78 is 5.76. The minimum Gasteiger partial charge on any atom is -0.370 e. The van der Waals surface area contributed by atoms with Gasteiger partial charge in [0.05, 0.1) is 6.10 Å². The van der Waals surface area contributed by atoms with Gasteiger partial charge in [0.1, 0.15) is 6.61 Å². The molecule has 1 saturated carbocycles. The van der Waals surface area contributed by atoms with Gasteiger partial charge in [-0.15, -0.1) is 0 Å². The van der Waals surface area contributed by atoms with Crippen molar-refractivity contribution in [3.05, 3.63) is 34.9 Å². The Bertz CT molecular complexity index is 417. The zero-order chi connectivity index (χ0) is 13.0. The third kappa shape index (κ3) is 3.56. The predicted molar refractivity (Wildman–Crippen MR) is 73.2 cm³/mol. The molecule has 1 aliphatic rings. The van der Waals surface area contributed by atoms with Crippen LogP contribution in [0.4, 0.5) is 0 Å². The molecular weight excluding hydrogens is 248 g/mol. The lowest BCUT2D eigenvalue weighted by Crippen LogP contribution is -2.27. The first-order valence-electron chi connectivity index (χ1n) is 6.57. The first kappa shape index (κ1) is 13.6. The molecule has 0 spiro atoms. The Balaban J connectivity index is 1.88. The van der Waals surface area contributed by atoms with Crippen molar-refractivity contribution in [2.24, 2.45) is 5.92 Å². The number of hydrogen-bond donors (Lipinski definition) is 0. The lowest BCUT2D eigenvalue weighted by Gasteiger charge is -2.28. The summed E-state index contributed by atoms with van der Waals surface area (Å²) in [6.45, 7) is 2.36. The molecule has 0 amide bonds. The predicted octanol–water partition coefficient (Wildman–Crippen LogP) is 4.12. The molecule has 0 aliphatic heterocycles. The lowest BCUT2D eigenvalue weighted by molar-refractivity contribution is 0.000750. The molecule has 3 heteroatoms. The van der Waals surface area contributed by atoms with Gasteiger partial charge in [0, 0.05) is 10.6 Å². The number of halogens is 1. The van der Waals surface area contributed by atoms with Gasteiger partial charge in [0.15, 0.2) is 5.78 Å². The van der Waals surface area contributed by atoms with Gasteiger partial charge in [0.25, 0.3) is 0 Å². The van der Waals surface area contributed by atoms with Gasteiger partial charge in [-0.3, -0.25) is 4.79 Å². The molecule has 0 N–H and O–H groups in total. The fourth-order valence-electron chi connectivity index (χ4n) is 2.46. The number of carbonyl (C=O) groups excluding carboxylic acids is 1. The summed E-state index contributed by atoms with van der Waals surface area (Å²) in [5.74, 6) is 0.571. The molecule has 2 atom stereocenters. The second kappa shape index (κ2) is 6.35. The maximum Gasteiger partial charge on any atom is 0.188 e. The van der Waals surface area contributed by atoms with Crippen molar-refractivity contribution in [3.63, 3.8) is 0 Å². The van der Waals surface area contributed by atoms with Crippen molar-refractivity contribution in [1.82, 2.24) is 0 Å². The van der Waals surface area contributed by atoms with E-state index in [0.717, 1.165) is 6.42 Å². The number of carbonyl (C=O) groups is 1. The van der Waals surface area contributed by atoms with Crippen molar-refractivity contribution in [3.8, 4) is 0 Å². The standard InChI is InChI=1S/C15H19ClO2/c1-11-5-2-3-8-15(11)18-10-14(17)12-6-4-7-13(16)9-12/h4,6-7,9,11,15H,2-3,5,8,10H2,1H3. The number of ketones is 1. The van der Waals surface area contributed by atoms with Crippen LogP contribution in [-0.2, 0) is 4.74 Å². The van der Waals surface area contributed by atoms with Crippen LogP contribution < -0.4 is 0 Å². The van der Waals surface area contributed by atoms with E-state index in [2.05, 4.69) is 6.92 Å². The highest BCUT2D eigenvalue weighted by Gasteiger charge is 2.22. The molecule has 2 nitrogen and oxygen atoms in total. The van der Waals surface area contributed by atoms with Gasteiger partial charge < -0.3 is 4.74 Å². The van der Waals surface area contributed by atoms with Crippen molar-refractivity contribution in [2.75, 3.05) is 6.61 Å². The van der Waals surface area contributed by atoms with Crippen LogP contribution in [0, 0.1) is 5.92 Å². The van der Waals surface area contributed by atoms with E-state index in [1.54, 1.807) is 24.3 Å². The lowest BCUT2D eigenvalue weighted by atomic mass is 9.88. The Morgan fingerprint density at radius 3 is 2.89 bits per heavy atom. The number of rotatable bonds is 4. The second-order valence-corrected chi connectivity index (χ2v) is 5.48. The zero-order valence-corrected chi connectivity index (χ0v) is 11.5. The molecule has 0 heterocycles. The van der Waals surface area contributed by atoms with E-state index in [-0.39, 0.29) is 18.5 Å². The smallest absolute Gasteiger partial charge is 0.188 e. The SMILES string of the molecule is CC1CCCCC1OCC(=O)c1cccc(Cl)c1. The van der Waals surface area contributed by atoms with Crippen LogP contribution in [-0.4, -0.2) is 18.5 Å². The summed E-state index contributed by atoms with van der Waals surface area (Å²) in [5.41, 5.74) is 0.631. The summed E-state index contributed by atoms with van der Waals surface area (Å²) in [6, 6.07) is 7.03. The highest BCUT2D eigenvalue weighted by Crippen LogP contribution is 2.26. The third-order valence-electron chi connectivity index (χ3n) is 3.61. The molecule has 1 aromatic carbocycles. The average molecular weight is 267 g/mol. The third-order valence-corrected chi connectivity index (χ3v) is 3.84. The largest absolute Gasteiger partial charge is 0.370 e. The van der Waals surface area contributed by atoms with Gasteiger partial charge >= 0.3 is 0 Å². The van der Waals surface area contributed by atoms with Gasteiger partial charge in [0.2, 0.25) is 0 Å². The fourth-order valence-corrected chi connectivity index (χ4v) is 2.65. The number of ether oxygens (including phenoxy) is 1. The van der Waals surface area contributed by atoms with Gasteiger partial charge in [-0.2, -0.15) is 0 Å². The molecule has 1 aliphatic carbocycles. The molecule has 18 heavy (non-hydrogen) atoms. The van der Waals surface area contributed by atoms with Crippen LogP contribution in [0.1, 0.15) is 43.0 Å². The Kier molecular flexibility index (Phi) is 4.79. The van der Waals surface area contributed by atoms with Crippen LogP contribution in [0.3, 0.4) is 0 Å². The van der Waals surface area contributed by atoms with Crippen LogP contribution in [0.25, 0.3) is 0 Å². The van der Waals surface area contributed by atoms with Gasteiger partial charge in [-0.1, -0.05) is 43.5 Å². The van der Waals surface area contributed by atoms with E-state index < -0.39 is 0 Å². The minimum absolute atomic E-state index is 0.00951. The van der Waals surface area contributed by atoms with E-state index in [1.807, 2.05) is 0 Å². The Hall–Kier alpha value is -0.860. The zero-order valence-electron chi connectivity index (χ0n) is 10.7. The van der Waals surface area contributed by atoms with Crippen molar-refractivity contribution < 1.29 is 9.53 Å². The maximum atomic E-state index is 12.0. The monoisotopic (exact) mass is 266 g/mol. The van der Waals surface area contributed by atoms with Gasteiger partial charge in [-0.05, 0) is 30.9 Å². The van der Waals surface area contributed by atoms with E-state index >= 15 is 0 Å². The van der Waals surface area contributed by atoms with Gasteiger partial charge in [-0.25, -0.2) is 0 Å². The molecule has 2 unspecified atom stereocenters. The molecule has 0 bridgehead atoms. The summed E-state index contributed by atoms with van der Waals surface area (Å²) >= 11 is 5.87. The average Bonchev–Trinajstić information content (AvgIpc) is 2.37. The van der Waals surface area contributed by atoms with E-state index in [4.69, 9.17) is 16.3 Å². The summed E-state index contributed by atoms with van der Waals surface area (Å²) in [5, 5.41) is 0.590. The highest BCUT2D eigenvalue weighted by molar-refractivity contribution is 6.31. The molecule has 2 rings (SSSR count). The Morgan fingerprint density at radius 2 is 2.17 bits per heavy atom. The molecule has 1 aromatic rings. The Morgan fingerprint density at radius 1 is 1.39 bits per heavy atom. The number of Topliss-reactive ketones (excluding diaryl/α,β-unsaturated/α-hetero) is 1. The molecule has 0 radical (unpaired) electrons. The Labute approximate surface area is 113 Å². The van der Waals surface area contributed by atoms with E-state index in [9.17, 15) is 4.79 Å². The van der Waals surface area contributed by atoms with Crippen molar-refractivity contribution in [1.29, 1.82) is 0 Å². The quantitative estimate of drug-likeness (QED) is 0.767. The first-order valence-corrected chi connectivity index (χ1v) is 6.95. The number of hydrogen-bond acceptors (Lipinski definition) is 2. The minimum atomic E-state index is 0.00951. The maximum absolute atomic E-state index is 12.0. The molecular formula is C15H19ClO2. The van der Waals surface area contributed by atoms with Crippen LogP contribution in [0.5, 0.6) is 0 Å². The molecule has 1 fully saturated rings. The molecule has 98 valence electrons. The molecule has 0 saturated heterocycles. The highest BCUT2D eigenvalue weighted by atomic mass is 35.5. The van der Waals surface area contributed by atoms with Crippen LogP contribution in [0.2, 0.25) is 5.02 Å². The topological polar surface area (TPSA) is 26.3 Å². The van der Waals surface area contributed by atoms with E-state index in [0.29, 0.717) is 16.5 Å². The summed E-state index contributed by atoms with van der Waals surface area (Å²) in [4.78, 5) is 12.0. The first-order chi connectivity index (χ1) is 8.66. The van der Waals surface area contributed by atoms with Crippen LogP contribution >= 0.6 is 11.6 Å². The fraction of sp³-hybridized carbons (Fsp3) is 0.533. The number of benzene rings is 1. The normalized spacial score (nSPS) is 23.9.